The van der Waals surface area contributed by atoms with E-state index in [1.807, 2.05) is 46.1 Å². The Hall–Kier alpha value is -2.24. The summed E-state index contributed by atoms with van der Waals surface area (Å²) in [4.78, 5) is 22.5. The average Bonchev–Trinajstić information content (AvgIpc) is 3.34. The first-order valence-electron chi connectivity index (χ1n) is 13.4. The quantitative estimate of drug-likeness (QED) is 0.284. The van der Waals surface area contributed by atoms with Crippen LogP contribution in [0, 0.1) is 0 Å². The number of carbonyl (C=O) groups excluding carboxylic acids is 1. The third-order valence-corrected chi connectivity index (χ3v) is 9.88. The number of anilines is 1. The van der Waals surface area contributed by atoms with Crippen LogP contribution in [0.2, 0.25) is 0 Å². The third kappa shape index (κ3) is 7.29. The summed E-state index contributed by atoms with van der Waals surface area (Å²) in [7, 11) is 0.400. The van der Waals surface area contributed by atoms with E-state index in [4.69, 9.17) is 9.72 Å². The van der Waals surface area contributed by atoms with Gasteiger partial charge in [0.2, 0.25) is 10.0 Å². The molecule has 1 aromatic heterocycles. The highest BCUT2D eigenvalue weighted by molar-refractivity contribution is 7.89. The van der Waals surface area contributed by atoms with Crippen LogP contribution in [0.1, 0.15) is 56.3 Å². The largest absolute Gasteiger partial charge is 0.494 e. The van der Waals surface area contributed by atoms with Crippen molar-refractivity contribution in [3.8, 4) is 5.75 Å². The van der Waals surface area contributed by atoms with Crippen molar-refractivity contribution >= 4 is 55.0 Å². The molecule has 1 fully saturated rings. The standard InChI is InChI=1S/C28H38N4O4S2.ClH/c1-5-22-10-7-8-19-32(22)38(34,35)24-14-11-21(12-15-24)27(33)31(18-9-17-30(3)4)28-29-25-16-13-23(36-6-2)20-26(25)37-28;/h11-16,20,22H,5-10,17-19H2,1-4H3;1H. The van der Waals surface area contributed by atoms with Gasteiger partial charge in [-0.05, 0) is 95.7 Å². The van der Waals surface area contributed by atoms with Gasteiger partial charge in [-0.15, -0.1) is 12.4 Å². The molecule has 0 spiro atoms. The molecule has 1 aliphatic heterocycles. The van der Waals surface area contributed by atoms with Gasteiger partial charge in [-0.2, -0.15) is 4.31 Å². The molecular weight excluding hydrogens is 556 g/mol. The molecule has 0 N–H and O–H groups in total. The Morgan fingerprint density at radius 3 is 2.51 bits per heavy atom. The van der Waals surface area contributed by atoms with Crippen molar-refractivity contribution in [1.29, 1.82) is 0 Å². The lowest BCUT2D eigenvalue weighted by molar-refractivity contribution is 0.0986. The predicted octanol–water partition coefficient (Wildman–Crippen LogP) is 5.67. The lowest BCUT2D eigenvalue weighted by atomic mass is 10.0. The molecule has 2 heterocycles. The molecule has 11 heteroatoms. The number of hydrogen-bond acceptors (Lipinski definition) is 7. The van der Waals surface area contributed by atoms with Gasteiger partial charge < -0.3 is 9.64 Å². The number of piperidine rings is 1. The summed E-state index contributed by atoms with van der Waals surface area (Å²) in [5.41, 5.74) is 1.25. The second-order valence-corrected chi connectivity index (χ2v) is 12.8. The molecule has 4 rings (SSSR count). The van der Waals surface area contributed by atoms with Crippen molar-refractivity contribution in [2.45, 2.75) is 56.9 Å². The number of benzene rings is 2. The van der Waals surface area contributed by atoms with Crippen molar-refractivity contribution in [3.63, 3.8) is 0 Å². The van der Waals surface area contributed by atoms with Crippen LogP contribution in [0.4, 0.5) is 5.13 Å². The van der Waals surface area contributed by atoms with Gasteiger partial charge in [0.15, 0.2) is 5.13 Å². The molecule has 1 unspecified atom stereocenters. The highest BCUT2D eigenvalue weighted by atomic mass is 35.5. The minimum absolute atomic E-state index is 0. The van der Waals surface area contributed by atoms with Crippen LogP contribution in [0.15, 0.2) is 47.4 Å². The number of nitrogens with zero attached hydrogens (tertiary/aromatic N) is 4. The molecule has 1 amide bonds. The van der Waals surface area contributed by atoms with E-state index in [2.05, 4.69) is 4.90 Å². The molecule has 3 aromatic rings. The maximum atomic E-state index is 13.7. The van der Waals surface area contributed by atoms with E-state index >= 15 is 0 Å². The summed E-state index contributed by atoms with van der Waals surface area (Å²) < 4.78 is 35.0. The Balaban J connectivity index is 0.00000420. The molecule has 1 atom stereocenters. The molecule has 39 heavy (non-hydrogen) atoms. The van der Waals surface area contributed by atoms with Gasteiger partial charge in [-0.25, -0.2) is 13.4 Å². The van der Waals surface area contributed by atoms with Gasteiger partial charge in [0, 0.05) is 24.7 Å². The summed E-state index contributed by atoms with van der Waals surface area (Å²) in [6.45, 7) is 6.43. The van der Waals surface area contributed by atoms with Crippen LogP contribution < -0.4 is 9.64 Å². The maximum absolute atomic E-state index is 13.7. The molecule has 1 saturated heterocycles. The molecular formula is C28H39ClN4O4S2. The number of aromatic nitrogens is 1. The van der Waals surface area contributed by atoms with Crippen LogP contribution in [0.3, 0.4) is 0 Å². The lowest BCUT2D eigenvalue weighted by Gasteiger charge is -2.34. The van der Waals surface area contributed by atoms with Crippen LogP contribution in [0.25, 0.3) is 10.2 Å². The maximum Gasteiger partial charge on any atom is 0.260 e. The Morgan fingerprint density at radius 2 is 1.85 bits per heavy atom. The van der Waals surface area contributed by atoms with E-state index in [1.54, 1.807) is 33.5 Å². The fraction of sp³-hybridized carbons (Fsp3) is 0.500. The first kappa shape index (κ1) is 31.3. The first-order valence-corrected chi connectivity index (χ1v) is 15.6. The molecule has 1 aliphatic rings. The average molecular weight is 595 g/mol. The Kier molecular flexibility index (Phi) is 11.1. The van der Waals surface area contributed by atoms with Crippen molar-refractivity contribution in [2.24, 2.45) is 0 Å². The Morgan fingerprint density at radius 1 is 1.10 bits per heavy atom. The highest BCUT2D eigenvalue weighted by Crippen LogP contribution is 2.33. The van der Waals surface area contributed by atoms with E-state index < -0.39 is 10.0 Å². The molecule has 0 bridgehead atoms. The number of carbonyl (C=O) groups is 1. The van der Waals surface area contributed by atoms with Crippen LogP contribution in [-0.2, 0) is 10.0 Å². The topological polar surface area (TPSA) is 83.0 Å². The number of halogens is 1. The Labute approximate surface area is 242 Å². The van der Waals surface area contributed by atoms with E-state index in [9.17, 15) is 13.2 Å². The van der Waals surface area contributed by atoms with Crippen LogP contribution in [0.5, 0.6) is 5.75 Å². The fourth-order valence-corrected chi connectivity index (χ4v) is 7.64. The zero-order valence-corrected chi connectivity index (χ0v) is 25.6. The van der Waals surface area contributed by atoms with Gasteiger partial charge in [-0.3, -0.25) is 9.69 Å². The molecule has 214 valence electrons. The van der Waals surface area contributed by atoms with Gasteiger partial charge >= 0.3 is 0 Å². The molecule has 0 aliphatic carbocycles. The summed E-state index contributed by atoms with van der Waals surface area (Å²) >= 11 is 1.45. The van der Waals surface area contributed by atoms with E-state index in [0.717, 1.165) is 54.6 Å². The van der Waals surface area contributed by atoms with Crippen molar-refractivity contribution in [1.82, 2.24) is 14.2 Å². The normalized spacial score (nSPS) is 16.3. The number of fused-ring (bicyclic) bond motifs is 1. The van der Waals surface area contributed by atoms with Crippen LogP contribution >= 0.6 is 23.7 Å². The van der Waals surface area contributed by atoms with Gasteiger partial charge in [0.25, 0.3) is 5.91 Å². The zero-order chi connectivity index (χ0) is 27.3. The number of amides is 1. The van der Waals surface area contributed by atoms with E-state index in [0.29, 0.717) is 30.4 Å². The SMILES string of the molecule is CCOc1ccc2nc(N(CCCN(C)C)C(=O)c3ccc(S(=O)(=O)N4CCCCC4CC)cc3)sc2c1.Cl. The van der Waals surface area contributed by atoms with E-state index in [1.165, 1.54) is 11.3 Å². The monoisotopic (exact) mass is 594 g/mol. The summed E-state index contributed by atoms with van der Waals surface area (Å²) in [5.74, 6) is 0.581. The molecule has 8 nitrogen and oxygen atoms in total. The number of sulfonamides is 1. The van der Waals surface area contributed by atoms with Crippen molar-refractivity contribution < 1.29 is 17.9 Å². The van der Waals surface area contributed by atoms with Crippen molar-refractivity contribution in [3.05, 3.63) is 48.0 Å². The smallest absolute Gasteiger partial charge is 0.260 e. The fourth-order valence-electron chi connectivity index (χ4n) is 4.85. The second kappa shape index (κ2) is 13.9. The van der Waals surface area contributed by atoms with Crippen molar-refractivity contribution in [2.75, 3.05) is 45.2 Å². The lowest BCUT2D eigenvalue weighted by Crippen LogP contribution is -2.43. The minimum atomic E-state index is -3.61. The summed E-state index contributed by atoms with van der Waals surface area (Å²) in [6.07, 6.45) is 4.40. The summed E-state index contributed by atoms with van der Waals surface area (Å²) in [6, 6.07) is 12.2. The number of ether oxygens (including phenoxy) is 1. The number of hydrogen-bond donors (Lipinski definition) is 0. The zero-order valence-electron chi connectivity index (χ0n) is 23.1. The van der Waals surface area contributed by atoms with Gasteiger partial charge in [0.1, 0.15) is 5.75 Å². The first-order chi connectivity index (χ1) is 18.2. The van der Waals surface area contributed by atoms with Crippen LogP contribution in [-0.4, -0.2) is 74.9 Å². The number of thiazole rings is 1. The van der Waals surface area contributed by atoms with Gasteiger partial charge in [-0.1, -0.05) is 24.7 Å². The Bertz CT molecular complexity index is 1350. The molecule has 0 radical (unpaired) electrons. The van der Waals surface area contributed by atoms with E-state index in [-0.39, 0.29) is 29.3 Å². The molecule has 0 saturated carbocycles. The third-order valence-electron chi connectivity index (χ3n) is 6.87. The summed E-state index contributed by atoms with van der Waals surface area (Å²) in [5, 5.41) is 0.619. The number of rotatable bonds is 11. The second-order valence-electron chi connectivity index (χ2n) is 9.87. The predicted molar refractivity (Wildman–Crippen MR) is 161 cm³/mol. The van der Waals surface area contributed by atoms with Gasteiger partial charge in [0.05, 0.1) is 21.7 Å². The minimum Gasteiger partial charge on any atom is -0.494 e. The molecule has 2 aromatic carbocycles. The highest BCUT2D eigenvalue weighted by Gasteiger charge is 2.32.